The Balaban J connectivity index is 3.74. The number of carbonyl (C=O) groups is 1. The van der Waals surface area contributed by atoms with Crippen molar-refractivity contribution in [1.29, 1.82) is 0 Å². The van der Waals surface area contributed by atoms with Crippen LogP contribution in [0.4, 0.5) is 0 Å². The predicted octanol–water partition coefficient (Wildman–Crippen LogP) is 3.05. The van der Waals surface area contributed by atoms with Crippen molar-refractivity contribution in [3.63, 3.8) is 0 Å². The Morgan fingerprint density at radius 2 is 1.86 bits per heavy atom. The molecule has 84 valence electrons. The maximum Gasteiger partial charge on any atom is 0.140 e. The molecule has 0 N–H and O–H groups in total. The van der Waals surface area contributed by atoms with Crippen molar-refractivity contribution >= 4 is 5.78 Å². The van der Waals surface area contributed by atoms with Crippen LogP contribution in [0.25, 0.3) is 0 Å². The quantitative estimate of drug-likeness (QED) is 0.616. The minimum Gasteiger partial charge on any atom is -0.385 e. The van der Waals surface area contributed by atoms with Gasteiger partial charge in [0.25, 0.3) is 0 Å². The molecule has 0 aromatic heterocycles. The number of unbranched alkanes of at least 4 members (excludes halogenated alkanes) is 1. The van der Waals surface area contributed by atoms with E-state index in [0.29, 0.717) is 5.78 Å². The lowest BCUT2D eigenvalue weighted by molar-refractivity contribution is -0.130. The third-order valence-electron chi connectivity index (χ3n) is 2.42. The first-order valence-electron chi connectivity index (χ1n) is 5.43. The van der Waals surface area contributed by atoms with Crippen LogP contribution in [0.3, 0.4) is 0 Å². The van der Waals surface area contributed by atoms with E-state index in [-0.39, 0.29) is 11.3 Å². The van der Waals surface area contributed by atoms with Gasteiger partial charge in [-0.3, -0.25) is 4.79 Å². The van der Waals surface area contributed by atoms with Gasteiger partial charge in [-0.05, 0) is 12.8 Å². The van der Waals surface area contributed by atoms with Crippen molar-refractivity contribution in [3.05, 3.63) is 0 Å². The number of ether oxygens (including phenoxy) is 1. The Hall–Kier alpha value is -0.370. The van der Waals surface area contributed by atoms with Crippen molar-refractivity contribution in [2.45, 2.75) is 47.0 Å². The smallest absolute Gasteiger partial charge is 0.140 e. The molecule has 2 heteroatoms. The maximum absolute atomic E-state index is 11.8. The molecular formula is C12H24O2. The van der Waals surface area contributed by atoms with Gasteiger partial charge in [-0.1, -0.05) is 34.1 Å². The molecule has 0 rings (SSSR count). The van der Waals surface area contributed by atoms with E-state index in [2.05, 4.69) is 0 Å². The van der Waals surface area contributed by atoms with Crippen molar-refractivity contribution in [2.75, 3.05) is 13.7 Å². The van der Waals surface area contributed by atoms with E-state index in [1.54, 1.807) is 7.11 Å². The Labute approximate surface area is 88.0 Å². The maximum atomic E-state index is 11.8. The largest absolute Gasteiger partial charge is 0.385 e. The van der Waals surface area contributed by atoms with Gasteiger partial charge in [-0.15, -0.1) is 0 Å². The highest BCUT2D eigenvalue weighted by atomic mass is 16.5. The summed E-state index contributed by atoms with van der Waals surface area (Å²) < 4.78 is 4.97. The number of carbonyl (C=O) groups excluding carboxylic acids is 1. The fourth-order valence-electron chi connectivity index (χ4n) is 1.57. The first-order chi connectivity index (χ1) is 6.39. The van der Waals surface area contributed by atoms with Crippen molar-refractivity contribution in [1.82, 2.24) is 0 Å². The zero-order valence-electron chi connectivity index (χ0n) is 10.2. The van der Waals surface area contributed by atoms with Gasteiger partial charge in [-0.2, -0.15) is 0 Å². The molecule has 2 nitrogen and oxygen atoms in total. The Morgan fingerprint density at radius 1 is 1.29 bits per heavy atom. The van der Waals surface area contributed by atoms with E-state index in [0.717, 1.165) is 25.9 Å². The molecule has 1 atom stereocenters. The molecule has 0 bridgehead atoms. The number of rotatable bonds is 6. The van der Waals surface area contributed by atoms with Crippen LogP contribution in [-0.2, 0) is 9.53 Å². The lowest BCUT2D eigenvalue weighted by Crippen LogP contribution is -2.26. The average Bonchev–Trinajstić information content (AvgIpc) is 2.09. The summed E-state index contributed by atoms with van der Waals surface area (Å²) in [6, 6.07) is 0. The Bertz CT molecular complexity index is 168. The fourth-order valence-corrected chi connectivity index (χ4v) is 1.57. The van der Waals surface area contributed by atoms with Gasteiger partial charge in [0, 0.05) is 25.0 Å². The molecule has 0 radical (unpaired) electrons. The molecule has 0 aromatic carbocycles. The molecule has 0 aliphatic heterocycles. The van der Waals surface area contributed by atoms with Gasteiger partial charge in [0.2, 0.25) is 0 Å². The second-order valence-electron chi connectivity index (χ2n) is 5.00. The van der Waals surface area contributed by atoms with E-state index in [9.17, 15) is 4.79 Å². The van der Waals surface area contributed by atoms with Crippen LogP contribution in [0.2, 0.25) is 0 Å². The van der Waals surface area contributed by atoms with Crippen LogP contribution < -0.4 is 0 Å². The summed E-state index contributed by atoms with van der Waals surface area (Å²) in [4.78, 5) is 11.8. The highest BCUT2D eigenvalue weighted by Gasteiger charge is 2.25. The third-order valence-corrected chi connectivity index (χ3v) is 2.42. The number of hydrogen-bond acceptors (Lipinski definition) is 2. The number of hydrogen-bond donors (Lipinski definition) is 0. The molecule has 0 spiro atoms. The zero-order chi connectivity index (χ0) is 11.2. The van der Waals surface area contributed by atoms with Gasteiger partial charge in [0.1, 0.15) is 5.78 Å². The summed E-state index contributed by atoms with van der Waals surface area (Å²) in [7, 11) is 1.71. The number of methoxy groups -OCH3 is 1. The van der Waals surface area contributed by atoms with Gasteiger partial charge in [0.15, 0.2) is 0 Å². The van der Waals surface area contributed by atoms with E-state index < -0.39 is 0 Å². The minimum absolute atomic E-state index is 0.187. The molecule has 0 aliphatic carbocycles. The van der Waals surface area contributed by atoms with Crippen LogP contribution in [0.1, 0.15) is 47.0 Å². The highest BCUT2D eigenvalue weighted by Crippen LogP contribution is 2.23. The molecule has 14 heavy (non-hydrogen) atoms. The minimum atomic E-state index is -0.194. The Kier molecular flexibility index (Phi) is 6.01. The second-order valence-corrected chi connectivity index (χ2v) is 5.00. The third kappa shape index (κ3) is 5.38. The molecule has 0 aromatic rings. The van der Waals surface area contributed by atoms with Crippen molar-refractivity contribution < 1.29 is 9.53 Å². The average molecular weight is 200 g/mol. The predicted molar refractivity (Wildman–Crippen MR) is 59.4 cm³/mol. The number of ketones is 1. The van der Waals surface area contributed by atoms with Gasteiger partial charge in [0.05, 0.1) is 0 Å². The standard InChI is InChI=1S/C12H24O2/c1-10(8-6-7-9-14-5)11(13)12(2,3)4/h10H,6-9H2,1-5H3. The summed E-state index contributed by atoms with van der Waals surface area (Å²) in [6.45, 7) is 8.79. The van der Waals surface area contributed by atoms with E-state index in [4.69, 9.17) is 4.74 Å². The normalized spacial score (nSPS) is 14.1. The number of Topliss-reactive ketones (excluding diaryl/α,β-unsaturated/α-hetero) is 1. The fraction of sp³-hybridized carbons (Fsp3) is 0.917. The van der Waals surface area contributed by atoms with Gasteiger partial charge < -0.3 is 4.74 Å². The summed E-state index contributed by atoms with van der Waals surface area (Å²) in [5.41, 5.74) is -0.194. The first-order valence-corrected chi connectivity index (χ1v) is 5.43. The topological polar surface area (TPSA) is 26.3 Å². The van der Waals surface area contributed by atoms with Crippen molar-refractivity contribution in [3.8, 4) is 0 Å². The lowest BCUT2D eigenvalue weighted by atomic mass is 9.82. The summed E-state index contributed by atoms with van der Waals surface area (Å²) in [5.74, 6) is 0.557. The highest BCUT2D eigenvalue weighted by molar-refractivity contribution is 5.85. The van der Waals surface area contributed by atoms with E-state index in [1.165, 1.54) is 0 Å². The molecule has 0 fully saturated rings. The molecule has 0 saturated heterocycles. The summed E-state index contributed by atoms with van der Waals surface area (Å²) in [5, 5.41) is 0. The van der Waals surface area contributed by atoms with Crippen LogP contribution in [0.5, 0.6) is 0 Å². The molecule has 0 amide bonds. The summed E-state index contributed by atoms with van der Waals surface area (Å²) >= 11 is 0. The first kappa shape index (κ1) is 13.6. The van der Waals surface area contributed by atoms with Crippen LogP contribution in [-0.4, -0.2) is 19.5 Å². The molecule has 0 saturated carbocycles. The summed E-state index contributed by atoms with van der Waals surface area (Å²) in [6.07, 6.45) is 3.12. The Morgan fingerprint density at radius 3 is 2.29 bits per heavy atom. The monoisotopic (exact) mass is 200 g/mol. The van der Waals surface area contributed by atoms with E-state index >= 15 is 0 Å². The van der Waals surface area contributed by atoms with Crippen molar-refractivity contribution in [2.24, 2.45) is 11.3 Å². The van der Waals surface area contributed by atoms with Crippen LogP contribution >= 0.6 is 0 Å². The van der Waals surface area contributed by atoms with Crippen LogP contribution in [0, 0.1) is 11.3 Å². The lowest BCUT2D eigenvalue weighted by Gasteiger charge is -2.21. The van der Waals surface area contributed by atoms with Gasteiger partial charge in [-0.25, -0.2) is 0 Å². The van der Waals surface area contributed by atoms with Gasteiger partial charge >= 0.3 is 0 Å². The molecular weight excluding hydrogens is 176 g/mol. The zero-order valence-corrected chi connectivity index (χ0v) is 10.2. The molecule has 0 heterocycles. The molecule has 0 aliphatic rings. The van der Waals surface area contributed by atoms with Crippen LogP contribution in [0.15, 0.2) is 0 Å². The molecule has 1 unspecified atom stereocenters. The second kappa shape index (κ2) is 6.18. The SMILES string of the molecule is COCCCCC(C)C(=O)C(C)(C)C. The van der Waals surface area contributed by atoms with E-state index in [1.807, 2.05) is 27.7 Å².